The molecule has 1 aromatic heterocycles. The first-order valence-electron chi connectivity index (χ1n) is 5.54. The van der Waals surface area contributed by atoms with Gasteiger partial charge in [0.25, 0.3) is 0 Å². The Morgan fingerprint density at radius 1 is 1.30 bits per heavy atom. The van der Waals surface area contributed by atoms with Crippen molar-refractivity contribution in [2.24, 2.45) is 0 Å². The van der Waals surface area contributed by atoms with E-state index in [4.69, 9.17) is 5.11 Å². The van der Waals surface area contributed by atoms with Crippen LogP contribution in [-0.4, -0.2) is 16.1 Å². The smallest absolute Gasteiger partial charge is 0.303 e. The summed E-state index contributed by atoms with van der Waals surface area (Å²) >= 11 is 1.12. The maximum absolute atomic E-state index is 13.4. The lowest BCUT2D eigenvalue weighted by atomic mass is 10.2. The Kier molecular flexibility index (Phi) is 4.23. The molecule has 20 heavy (non-hydrogen) atoms. The van der Waals surface area contributed by atoms with Gasteiger partial charge in [0, 0.05) is 11.8 Å². The van der Waals surface area contributed by atoms with Crippen LogP contribution in [0.5, 0.6) is 0 Å². The maximum Gasteiger partial charge on any atom is 0.303 e. The topological polar surface area (TPSA) is 62.2 Å². The zero-order valence-electron chi connectivity index (χ0n) is 9.99. The average Bonchev–Trinajstić information content (AvgIpc) is 2.85. The molecule has 0 aliphatic heterocycles. The van der Waals surface area contributed by atoms with Crippen LogP contribution in [0.3, 0.4) is 0 Å². The molecule has 0 unspecified atom stereocenters. The molecule has 0 saturated heterocycles. The number of hydrogen-bond acceptors (Lipinski definition) is 4. The summed E-state index contributed by atoms with van der Waals surface area (Å²) in [4.78, 5) is 14.4. The number of hydrogen-bond donors (Lipinski definition) is 2. The minimum absolute atomic E-state index is 0.0668. The van der Waals surface area contributed by atoms with Crippen molar-refractivity contribution in [2.45, 2.75) is 12.8 Å². The zero-order chi connectivity index (χ0) is 14.7. The number of carboxylic acid groups (broad SMARTS) is 1. The van der Waals surface area contributed by atoms with Crippen LogP contribution in [0.4, 0.5) is 24.0 Å². The fraction of sp³-hybridized carbons (Fsp3) is 0.167. The predicted octanol–water partition coefficient (Wildman–Crippen LogP) is 3.32. The Morgan fingerprint density at radius 2 is 2.05 bits per heavy atom. The summed E-state index contributed by atoms with van der Waals surface area (Å²) in [5.41, 5.74) is 0.297. The quantitative estimate of drug-likeness (QED) is 0.832. The van der Waals surface area contributed by atoms with Crippen LogP contribution in [0.15, 0.2) is 17.5 Å². The molecule has 2 aromatic rings. The number of nitrogens with one attached hydrogen (secondary N) is 1. The summed E-state index contributed by atoms with van der Waals surface area (Å²) in [6.45, 7) is 0. The van der Waals surface area contributed by atoms with Crippen LogP contribution in [0, 0.1) is 17.5 Å². The van der Waals surface area contributed by atoms with Gasteiger partial charge in [-0.25, -0.2) is 18.2 Å². The molecule has 0 amide bonds. The first-order chi connectivity index (χ1) is 9.47. The maximum atomic E-state index is 13.4. The molecule has 1 heterocycles. The number of anilines is 2. The first-order valence-corrected chi connectivity index (χ1v) is 6.42. The minimum Gasteiger partial charge on any atom is -0.481 e. The van der Waals surface area contributed by atoms with Crippen molar-refractivity contribution < 1.29 is 23.1 Å². The number of rotatable bonds is 5. The third-order valence-corrected chi connectivity index (χ3v) is 3.23. The third-order valence-electron chi connectivity index (χ3n) is 2.42. The molecule has 0 atom stereocenters. The number of benzene rings is 1. The zero-order valence-corrected chi connectivity index (χ0v) is 10.8. The standard InChI is InChI=1S/C12H9F3N2O2S/c13-7-2-3-8(11(15)10(7)14)17-12-16-6(5-20-12)1-4-9(18)19/h2-3,5H,1,4H2,(H,16,17)(H,18,19). The SMILES string of the molecule is O=C(O)CCc1csc(Nc2ccc(F)c(F)c2F)n1. The molecule has 0 bridgehead atoms. The van der Waals surface area contributed by atoms with E-state index < -0.39 is 23.4 Å². The molecule has 0 fully saturated rings. The van der Waals surface area contributed by atoms with Gasteiger partial charge in [0.1, 0.15) is 0 Å². The number of thiazole rings is 1. The van der Waals surface area contributed by atoms with Gasteiger partial charge in [-0.3, -0.25) is 4.79 Å². The van der Waals surface area contributed by atoms with E-state index in [0.29, 0.717) is 5.69 Å². The van der Waals surface area contributed by atoms with Gasteiger partial charge in [-0.1, -0.05) is 0 Å². The summed E-state index contributed by atoms with van der Waals surface area (Å²) in [6, 6.07) is 1.87. The Labute approximate surface area is 115 Å². The van der Waals surface area contributed by atoms with E-state index in [9.17, 15) is 18.0 Å². The molecule has 0 saturated carbocycles. The highest BCUT2D eigenvalue weighted by Gasteiger charge is 2.14. The van der Waals surface area contributed by atoms with Crippen LogP contribution < -0.4 is 5.32 Å². The van der Waals surface area contributed by atoms with Crippen molar-refractivity contribution in [3.63, 3.8) is 0 Å². The van der Waals surface area contributed by atoms with E-state index in [2.05, 4.69) is 10.3 Å². The van der Waals surface area contributed by atoms with Crippen LogP contribution in [0.1, 0.15) is 12.1 Å². The Bertz CT molecular complexity index is 646. The molecule has 0 aliphatic carbocycles. The third kappa shape index (κ3) is 3.27. The fourth-order valence-electron chi connectivity index (χ4n) is 1.45. The molecule has 1 aromatic carbocycles. The summed E-state index contributed by atoms with van der Waals surface area (Å²) in [5.74, 6) is -5.10. The van der Waals surface area contributed by atoms with Gasteiger partial charge >= 0.3 is 5.97 Å². The van der Waals surface area contributed by atoms with E-state index in [-0.39, 0.29) is 23.7 Å². The van der Waals surface area contributed by atoms with Gasteiger partial charge in [0.2, 0.25) is 0 Å². The fourth-order valence-corrected chi connectivity index (χ4v) is 2.21. The molecule has 2 rings (SSSR count). The highest BCUT2D eigenvalue weighted by molar-refractivity contribution is 7.13. The summed E-state index contributed by atoms with van der Waals surface area (Å²) < 4.78 is 39.2. The largest absolute Gasteiger partial charge is 0.481 e. The molecule has 106 valence electrons. The van der Waals surface area contributed by atoms with Crippen molar-refractivity contribution >= 4 is 28.1 Å². The number of halogens is 3. The van der Waals surface area contributed by atoms with Gasteiger partial charge in [-0.2, -0.15) is 0 Å². The van der Waals surface area contributed by atoms with Crippen molar-refractivity contribution in [3.8, 4) is 0 Å². The highest BCUT2D eigenvalue weighted by Crippen LogP contribution is 2.25. The number of nitrogens with zero attached hydrogens (tertiary/aromatic N) is 1. The lowest BCUT2D eigenvalue weighted by Crippen LogP contribution is -2.00. The van der Waals surface area contributed by atoms with Crippen molar-refractivity contribution in [2.75, 3.05) is 5.32 Å². The molecular formula is C12H9F3N2O2S. The van der Waals surface area contributed by atoms with E-state index in [0.717, 1.165) is 23.5 Å². The van der Waals surface area contributed by atoms with Gasteiger partial charge in [0.15, 0.2) is 22.6 Å². The summed E-state index contributed by atoms with van der Waals surface area (Å²) in [6.07, 6.45) is 0.177. The normalized spacial score (nSPS) is 10.6. The Morgan fingerprint density at radius 3 is 2.75 bits per heavy atom. The molecule has 4 nitrogen and oxygen atoms in total. The lowest BCUT2D eigenvalue weighted by Gasteiger charge is -2.05. The van der Waals surface area contributed by atoms with Gasteiger partial charge in [0.05, 0.1) is 17.8 Å². The van der Waals surface area contributed by atoms with Crippen LogP contribution >= 0.6 is 11.3 Å². The number of aliphatic carboxylic acids is 1. The number of aryl methyl sites for hydroxylation is 1. The number of aromatic nitrogens is 1. The second kappa shape index (κ2) is 5.91. The van der Waals surface area contributed by atoms with E-state index in [1.54, 1.807) is 5.38 Å². The summed E-state index contributed by atoms with van der Waals surface area (Å²) in [7, 11) is 0. The molecule has 8 heteroatoms. The lowest BCUT2D eigenvalue weighted by molar-refractivity contribution is -0.136. The predicted molar refractivity (Wildman–Crippen MR) is 67.7 cm³/mol. The number of carbonyl (C=O) groups is 1. The van der Waals surface area contributed by atoms with E-state index in [1.807, 2.05) is 0 Å². The van der Waals surface area contributed by atoms with Crippen molar-refractivity contribution in [1.29, 1.82) is 0 Å². The van der Waals surface area contributed by atoms with Gasteiger partial charge < -0.3 is 10.4 Å². The summed E-state index contributed by atoms with van der Waals surface area (Å²) in [5, 5.41) is 13.0. The first kappa shape index (κ1) is 14.3. The minimum atomic E-state index is -1.56. The second-order valence-corrected chi connectivity index (χ2v) is 4.74. The van der Waals surface area contributed by atoms with Crippen molar-refractivity contribution in [3.05, 3.63) is 40.7 Å². The van der Waals surface area contributed by atoms with Gasteiger partial charge in [-0.15, -0.1) is 11.3 Å². The average molecular weight is 302 g/mol. The molecule has 0 spiro atoms. The highest BCUT2D eigenvalue weighted by atomic mass is 32.1. The molecule has 2 N–H and O–H groups in total. The molecule has 0 radical (unpaired) electrons. The van der Waals surface area contributed by atoms with Crippen LogP contribution in [0.25, 0.3) is 0 Å². The molecular weight excluding hydrogens is 293 g/mol. The number of carboxylic acids is 1. The van der Waals surface area contributed by atoms with Crippen molar-refractivity contribution in [1.82, 2.24) is 4.98 Å². The monoisotopic (exact) mass is 302 g/mol. The Balaban J connectivity index is 2.11. The molecule has 0 aliphatic rings. The van der Waals surface area contributed by atoms with Crippen LogP contribution in [-0.2, 0) is 11.2 Å². The van der Waals surface area contributed by atoms with Crippen LogP contribution in [0.2, 0.25) is 0 Å². The van der Waals surface area contributed by atoms with E-state index in [1.165, 1.54) is 0 Å². The second-order valence-electron chi connectivity index (χ2n) is 3.89. The Hall–Kier alpha value is -2.09. The van der Waals surface area contributed by atoms with Gasteiger partial charge in [-0.05, 0) is 12.1 Å². The van der Waals surface area contributed by atoms with E-state index >= 15 is 0 Å².